The standard InChI is InChI=1S/C18H30N2O2S/c1-14-12-19(13-15(2)20(14)10-11-22-4)18(21)7-5-6-17-9-8-16(3)23-17/h8-9,14-15H,5-7,10-13H2,1-4H3/t14-,15-/m1/s1. The van der Waals surface area contributed by atoms with Crippen LogP contribution in [-0.4, -0.2) is 61.1 Å². The van der Waals surface area contributed by atoms with Crippen molar-refractivity contribution in [3.8, 4) is 0 Å². The Morgan fingerprint density at radius 2 is 2.00 bits per heavy atom. The number of rotatable bonds is 7. The second kappa shape index (κ2) is 8.81. The van der Waals surface area contributed by atoms with Crippen LogP contribution in [0.25, 0.3) is 0 Å². The molecule has 1 amide bonds. The molecule has 1 fully saturated rings. The summed E-state index contributed by atoms with van der Waals surface area (Å²) in [4.78, 5) is 19.7. The highest BCUT2D eigenvalue weighted by Gasteiger charge is 2.31. The van der Waals surface area contributed by atoms with Gasteiger partial charge in [0, 0.05) is 55.0 Å². The van der Waals surface area contributed by atoms with Crippen LogP contribution in [0.1, 0.15) is 36.4 Å². The van der Waals surface area contributed by atoms with E-state index in [0.717, 1.165) is 39.1 Å². The fourth-order valence-electron chi connectivity index (χ4n) is 3.39. The lowest BCUT2D eigenvalue weighted by atomic mass is 10.1. The van der Waals surface area contributed by atoms with E-state index in [1.807, 2.05) is 11.3 Å². The van der Waals surface area contributed by atoms with Crippen LogP contribution in [0.4, 0.5) is 0 Å². The molecule has 2 heterocycles. The fourth-order valence-corrected chi connectivity index (χ4v) is 4.32. The minimum absolute atomic E-state index is 0.309. The molecule has 1 aliphatic rings. The van der Waals surface area contributed by atoms with Gasteiger partial charge in [-0.25, -0.2) is 0 Å². The van der Waals surface area contributed by atoms with E-state index in [-0.39, 0.29) is 0 Å². The summed E-state index contributed by atoms with van der Waals surface area (Å²) in [5.41, 5.74) is 0. The molecular formula is C18H30N2O2S. The predicted molar refractivity (Wildman–Crippen MR) is 96.1 cm³/mol. The predicted octanol–water partition coefficient (Wildman–Crippen LogP) is 2.95. The van der Waals surface area contributed by atoms with Gasteiger partial charge in [0.15, 0.2) is 0 Å². The molecule has 23 heavy (non-hydrogen) atoms. The minimum Gasteiger partial charge on any atom is -0.383 e. The van der Waals surface area contributed by atoms with Crippen molar-refractivity contribution < 1.29 is 9.53 Å². The fraction of sp³-hybridized carbons (Fsp3) is 0.722. The quantitative estimate of drug-likeness (QED) is 0.766. The number of carbonyl (C=O) groups excluding carboxylic acids is 1. The average Bonchev–Trinajstić information content (AvgIpc) is 2.91. The third-order valence-electron chi connectivity index (χ3n) is 4.62. The first-order chi connectivity index (χ1) is 11.0. The summed E-state index contributed by atoms with van der Waals surface area (Å²) in [6.07, 6.45) is 2.63. The summed E-state index contributed by atoms with van der Waals surface area (Å²) >= 11 is 1.84. The van der Waals surface area contributed by atoms with Crippen LogP contribution in [0.2, 0.25) is 0 Å². The lowest BCUT2D eigenvalue weighted by Gasteiger charge is -2.44. The second-order valence-electron chi connectivity index (χ2n) is 6.59. The van der Waals surface area contributed by atoms with Crippen molar-refractivity contribution in [2.24, 2.45) is 0 Å². The highest BCUT2D eigenvalue weighted by Crippen LogP contribution is 2.19. The third kappa shape index (κ3) is 5.30. The van der Waals surface area contributed by atoms with Crippen LogP contribution in [0.15, 0.2) is 12.1 Å². The molecule has 0 aromatic carbocycles. The van der Waals surface area contributed by atoms with E-state index in [0.29, 0.717) is 24.4 Å². The van der Waals surface area contributed by atoms with Crippen LogP contribution >= 0.6 is 11.3 Å². The number of methoxy groups -OCH3 is 1. The van der Waals surface area contributed by atoms with Gasteiger partial charge in [0.2, 0.25) is 5.91 Å². The smallest absolute Gasteiger partial charge is 0.222 e. The Morgan fingerprint density at radius 1 is 1.30 bits per heavy atom. The molecular weight excluding hydrogens is 308 g/mol. The highest BCUT2D eigenvalue weighted by molar-refractivity contribution is 7.11. The lowest BCUT2D eigenvalue weighted by molar-refractivity contribution is -0.135. The lowest BCUT2D eigenvalue weighted by Crippen LogP contribution is -2.58. The molecule has 5 heteroatoms. The van der Waals surface area contributed by atoms with Crippen molar-refractivity contribution >= 4 is 17.2 Å². The molecule has 0 unspecified atom stereocenters. The summed E-state index contributed by atoms with van der Waals surface area (Å²) in [6.45, 7) is 9.92. The van der Waals surface area contributed by atoms with Crippen LogP contribution in [0, 0.1) is 6.92 Å². The SMILES string of the molecule is COCCN1[C@H](C)CN(C(=O)CCCc2ccc(C)s2)C[C@H]1C. The van der Waals surface area contributed by atoms with Gasteiger partial charge >= 0.3 is 0 Å². The maximum absolute atomic E-state index is 12.5. The van der Waals surface area contributed by atoms with Gasteiger partial charge in [-0.05, 0) is 45.7 Å². The second-order valence-corrected chi connectivity index (χ2v) is 7.97. The summed E-state index contributed by atoms with van der Waals surface area (Å²) in [7, 11) is 1.74. The molecule has 0 saturated carbocycles. The van der Waals surface area contributed by atoms with Crippen LogP contribution in [-0.2, 0) is 16.0 Å². The zero-order valence-corrected chi connectivity index (χ0v) is 15.7. The molecule has 4 nitrogen and oxygen atoms in total. The number of thiophene rings is 1. The largest absolute Gasteiger partial charge is 0.383 e. The number of nitrogens with zero attached hydrogens (tertiary/aromatic N) is 2. The molecule has 130 valence electrons. The van der Waals surface area contributed by atoms with E-state index >= 15 is 0 Å². The number of carbonyl (C=O) groups is 1. The minimum atomic E-state index is 0.309. The van der Waals surface area contributed by atoms with Crippen molar-refractivity contribution in [2.75, 3.05) is 33.4 Å². The first-order valence-electron chi connectivity index (χ1n) is 8.59. The van der Waals surface area contributed by atoms with Crippen molar-refractivity contribution in [2.45, 2.75) is 52.1 Å². The molecule has 1 aromatic rings. The van der Waals surface area contributed by atoms with Gasteiger partial charge in [0.1, 0.15) is 0 Å². The van der Waals surface area contributed by atoms with Gasteiger partial charge < -0.3 is 9.64 Å². The molecule has 1 aliphatic heterocycles. The molecule has 0 N–H and O–H groups in total. The molecule has 0 bridgehead atoms. The number of aryl methyl sites for hydroxylation is 2. The van der Waals surface area contributed by atoms with E-state index in [2.05, 4.69) is 42.7 Å². The maximum Gasteiger partial charge on any atom is 0.222 e. The average molecular weight is 339 g/mol. The Bertz CT molecular complexity index is 491. The van der Waals surface area contributed by atoms with Crippen molar-refractivity contribution in [1.82, 2.24) is 9.80 Å². The van der Waals surface area contributed by atoms with Gasteiger partial charge in [-0.15, -0.1) is 11.3 Å². The topological polar surface area (TPSA) is 32.8 Å². The van der Waals surface area contributed by atoms with Gasteiger partial charge in [-0.3, -0.25) is 9.69 Å². The number of hydrogen-bond donors (Lipinski definition) is 0. The Morgan fingerprint density at radius 3 is 2.57 bits per heavy atom. The van der Waals surface area contributed by atoms with Crippen LogP contribution < -0.4 is 0 Å². The number of amides is 1. The molecule has 2 rings (SSSR count). The van der Waals surface area contributed by atoms with Crippen molar-refractivity contribution in [3.63, 3.8) is 0 Å². The molecule has 2 atom stereocenters. The van der Waals surface area contributed by atoms with Gasteiger partial charge in [-0.1, -0.05) is 0 Å². The van der Waals surface area contributed by atoms with Gasteiger partial charge in [0.05, 0.1) is 6.61 Å². The molecule has 0 aliphatic carbocycles. The molecule has 0 radical (unpaired) electrons. The number of ether oxygens (including phenoxy) is 1. The Labute approximate surface area is 144 Å². The van der Waals surface area contributed by atoms with E-state index in [4.69, 9.17) is 4.74 Å². The van der Waals surface area contributed by atoms with Crippen molar-refractivity contribution in [1.29, 1.82) is 0 Å². The first kappa shape index (κ1) is 18.4. The zero-order chi connectivity index (χ0) is 16.8. The summed E-state index contributed by atoms with van der Waals surface area (Å²) < 4.78 is 5.19. The van der Waals surface area contributed by atoms with E-state index in [1.54, 1.807) is 7.11 Å². The summed E-state index contributed by atoms with van der Waals surface area (Å²) in [6, 6.07) is 5.14. The van der Waals surface area contributed by atoms with Gasteiger partial charge in [0.25, 0.3) is 0 Å². The Hall–Kier alpha value is -0.910. The zero-order valence-electron chi connectivity index (χ0n) is 14.9. The Balaban J connectivity index is 1.77. The summed E-state index contributed by atoms with van der Waals surface area (Å²) in [5, 5.41) is 0. The highest BCUT2D eigenvalue weighted by atomic mass is 32.1. The normalized spacial score (nSPS) is 22.5. The van der Waals surface area contributed by atoms with E-state index < -0.39 is 0 Å². The van der Waals surface area contributed by atoms with Crippen LogP contribution in [0.3, 0.4) is 0 Å². The first-order valence-corrected chi connectivity index (χ1v) is 9.40. The van der Waals surface area contributed by atoms with Gasteiger partial charge in [-0.2, -0.15) is 0 Å². The number of piperazine rings is 1. The van der Waals surface area contributed by atoms with E-state index in [1.165, 1.54) is 9.75 Å². The summed E-state index contributed by atoms with van der Waals surface area (Å²) in [5.74, 6) is 0.309. The Kier molecular flexibility index (Phi) is 7.06. The van der Waals surface area contributed by atoms with E-state index in [9.17, 15) is 4.79 Å². The molecule has 0 spiro atoms. The van der Waals surface area contributed by atoms with Crippen molar-refractivity contribution in [3.05, 3.63) is 21.9 Å². The monoisotopic (exact) mass is 338 g/mol. The maximum atomic E-state index is 12.5. The van der Waals surface area contributed by atoms with Crippen LogP contribution in [0.5, 0.6) is 0 Å². The molecule has 1 saturated heterocycles. The number of hydrogen-bond acceptors (Lipinski definition) is 4. The third-order valence-corrected chi connectivity index (χ3v) is 5.68. The molecule has 1 aromatic heterocycles.